The maximum absolute atomic E-state index is 12.0. The van der Waals surface area contributed by atoms with E-state index in [1.54, 1.807) is 6.07 Å². The molecule has 0 radical (unpaired) electrons. The Labute approximate surface area is 123 Å². The third-order valence-corrected chi connectivity index (χ3v) is 3.74. The number of rotatable bonds is 5. The van der Waals surface area contributed by atoms with Gasteiger partial charge in [-0.2, -0.15) is 0 Å². The molecule has 0 saturated heterocycles. The number of amides is 1. The Morgan fingerprint density at radius 2 is 2.18 bits per heavy atom. The topological polar surface area (TPSA) is 29.1 Å². The Morgan fingerprint density at radius 1 is 1.47 bits per heavy atom. The minimum absolute atomic E-state index is 0.0635. The van der Waals surface area contributed by atoms with Crippen LogP contribution in [0.5, 0.6) is 0 Å². The number of hydrogen-bond acceptors (Lipinski definition) is 1. The summed E-state index contributed by atoms with van der Waals surface area (Å²) in [6.07, 6.45) is 1.80. The van der Waals surface area contributed by atoms with Gasteiger partial charge in [-0.1, -0.05) is 15.9 Å². The van der Waals surface area contributed by atoms with Crippen LogP contribution in [0.15, 0.2) is 27.1 Å². The van der Waals surface area contributed by atoms with Gasteiger partial charge in [-0.3, -0.25) is 4.79 Å². The van der Waals surface area contributed by atoms with E-state index < -0.39 is 0 Å². The van der Waals surface area contributed by atoms with Gasteiger partial charge in [0, 0.05) is 20.9 Å². The van der Waals surface area contributed by atoms with Gasteiger partial charge >= 0.3 is 0 Å². The van der Waals surface area contributed by atoms with Crippen LogP contribution in [0.1, 0.15) is 30.1 Å². The Bertz CT molecular complexity index is 398. The van der Waals surface area contributed by atoms with Crippen molar-refractivity contribution in [3.05, 3.63) is 32.7 Å². The van der Waals surface area contributed by atoms with Gasteiger partial charge in [-0.15, -0.1) is 11.6 Å². The molecule has 0 spiro atoms. The van der Waals surface area contributed by atoms with Crippen molar-refractivity contribution < 1.29 is 4.79 Å². The van der Waals surface area contributed by atoms with Crippen molar-refractivity contribution in [2.75, 3.05) is 5.88 Å². The van der Waals surface area contributed by atoms with Gasteiger partial charge in [0.2, 0.25) is 0 Å². The zero-order chi connectivity index (χ0) is 12.8. The van der Waals surface area contributed by atoms with E-state index in [2.05, 4.69) is 37.2 Å². The number of carbonyl (C=O) groups excluding carboxylic acids is 1. The van der Waals surface area contributed by atoms with Crippen LogP contribution in [0, 0.1) is 0 Å². The molecular formula is C12H14Br2ClNO. The second-order valence-corrected chi connectivity index (χ2v) is 5.98. The zero-order valence-electron chi connectivity index (χ0n) is 9.47. The predicted molar refractivity (Wildman–Crippen MR) is 78.7 cm³/mol. The highest BCUT2D eigenvalue weighted by atomic mass is 79.9. The second-order valence-electron chi connectivity index (χ2n) is 3.83. The molecule has 1 amide bonds. The molecule has 0 saturated carbocycles. The van der Waals surface area contributed by atoms with Gasteiger partial charge in [0.25, 0.3) is 5.91 Å². The average molecular weight is 384 g/mol. The van der Waals surface area contributed by atoms with Crippen LogP contribution in [0.3, 0.4) is 0 Å². The summed E-state index contributed by atoms with van der Waals surface area (Å²) in [7, 11) is 0. The lowest BCUT2D eigenvalue weighted by Crippen LogP contribution is -2.32. The highest BCUT2D eigenvalue weighted by Gasteiger charge is 2.12. The monoisotopic (exact) mass is 381 g/mol. The quantitative estimate of drug-likeness (QED) is 0.753. The molecular weight excluding hydrogens is 369 g/mol. The van der Waals surface area contributed by atoms with Crippen LogP contribution >= 0.6 is 43.5 Å². The second kappa shape index (κ2) is 7.39. The van der Waals surface area contributed by atoms with Gasteiger partial charge in [0.15, 0.2) is 0 Å². The van der Waals surface area contributed by atoms with Gasteiger partial charge in [0.1, 0.15) is 0 Å². The molecule has 1 atom stereocenters. The molecule has 1 aromatic rings. The van der Waals surface area contributed by atoms with Crippen LogP contribution in [0.25, 0.3) is 0 Å². The van der Waals surface area contributed by atoms with Gasteiger partial charge < -0.3 is 5.32 Å². The van der Waals surface area contributed by atoms with Gasteiger partial charge in [-0.05, 0) is 53.9 Å². The van der Waals surface area contributed by atoms with Crippen molar-refractivity contribution in [2.24, 2.45) is 0 Å². The number of alkyl halides is 1. The average Bonchev–Trinajstić information content (AvgIpc) is 2.26. The van der Waals surface area contributed by atoms with Crippen molar-refractivity contribution in [3.63, 3.8) is 0 Å². The van der Waals surface area contributed by atoms with Crippen LogP contribution in [0.4, 0.5) is 0 Å². The molecule has 5 heteroatoms. The molecule has 0 aliphatic rings. The molecule has 17 heavy (non-hydrogen) atoms. The summed E-state index contributed by atoms with van der Waals surface area (Å²) in [5.41, 5.74) is 0.644. The molecule has 2 nitrogen and oxygen atoms in total. The molecule has 0 heterocycles. The lowest BCUT2D eigenvalue weighted by Gasteiger charge is -2.14. The van der Waals surface area contributed by atoms with Crippen molar-refractivity contribution in [3.8, 4) is 0 Å². The summed E-state index contributed by atoms with van der Waals surface area (Å²) in [6.45, 7) is 1.98. The molecule has 0 aliphatic carbocycles. The standard InChI is InChI=1S/C12H14Br2ClNO/c1-8(3-2-6-15)16-12(17)10-5-4-9(13)7-11(10)14/h4-5,7-8H,2-3,6H2,1H3,(H,16,17). The van der Waals surface area contributed by atoms with E-state index in [4.69, 9.17) is 11.6 Å². The van der Waals surface area contributed by atoms with Crippen molar-refractivity contribution in [2.45, 2.75) is 25.8 Å². The van der Waals surface area contributed by atoms with Crippen molar-refractivity contribution in [1.29, 1.82) is 0 Å². The fourth-order valence-electron chi connectivity index (χ4n) is 1.43. The Morgan fingerprint density at radius 3 is 2.76 bits per heavy atom. The molecule has 1 rings (SSSR count). The van der Waals surface area contributed by atoms with E-state index in [9.17, 15) is 4.79 Å². The molecule has 0 bridgehead atoms. The first-order chi connectivity index (χ1) is 8.04. The van der Waals surface area contributed by atoms with Crippen LogP contribution in [0.2, 0.25) is 0 Å². The Balaban J connectivity index is 2.63. The van der Waals surface area contributed by atoms with Crippen molar-refractivity contribution in [1.82, 2.24) is 5.32 Å². The highest BCUT2D eigenvalue weighted by molar-refractivity contribution is 9.11. The van der Waals surface area contributed by atoms with Gasteiger partial charge in [-0.25, -0.2) is 0 Å². The number of hydrogen-bond donors (Lipinski definition) is 1. The number of benzene rings is 1. The lowest BCUT2D eigenvalue weighted by molar-refractivity contribution is 0.0937. The Hall–Kier alpha value is -0.0600. The molecule has 1 aromatic carbocycles. The number of carbonyl (C=O) groups is 1. The van der Waals surface area contributed by atoms with Crippen LogP contribution < -0.4 is 5.32 Å². The maximum atomic E-state index is 12.0. The fraction of sp³-hybridized carbons (Fsp3) is 0.417. The number of nitrogens with one attached hydrogen (secondary N) is 1. The first-order valence-corrected chi connectivity index (χ1v) is 7.48. The van der Waals surface area contributed by atoms with E-state index in [0.29, 0.717) is 11.4 Å². The molecule has 0 fully saturated rings. The lowest BCUT2D eigenvalue weighted by atomic mass is 10.1. The molecule has 0 aromatic heterocycles. The number of halogens is 3. The normalized spacial score (nSPS) is 12.2. The maximum Gasteiger partial charge on any atom is 0.252 e. The molecule has 0 aliphatic heterocycles. The summed E-state index contributed by atoms with van der Waals surface area (Å²) < 4.78 is 1.73. The Kier molecular flexibility index (Phi) is 6.52. The third kappa shape index (κ3) is 4.98. The summed E-state index contributed by atoms with van der Waals surface area (Å²) >= 11 is 12.3. The minimum Gasteiger partial charge on any atom is -0.350 e. The SMILES string of the molecule is CC(CCCCl)NC(=O)c1ccc(Br)cc1Br. The smallest absolute Gasteiger partial charge is 0.252 e. The van der Waals surface area contributed by atoms with E-state index in [0.717, 1.165) is 21.8 Å². The summed E-state index contributed by atoms with van der Waals surface area (Å²) in [6, 6.07) is 5.64. The zero-order valence-corrected chi connectivity index (χ0v) is 13.4. The van der Waals surface area contributed by atoms with E-state index in [1.807, 2.05) is 19.1 Å². The summed E-state index contributed by atoms with van der Waals surface area (Å²) in [5.74, 6) is 0.564. The fourth-order valence-corrected chi connectivity index (χ4v) is 2.81. The van der Waals surface area contributed by atoms with E-state index >= 15 is 0 Å². The largest absolute Gasteiger partial charge is 0.350 e. The third-order valence-electron chi connectivity index (χ3n) is 2.32. The van der Waals surface area contributed by atoms with Crippen molar-refractivity contribution >= 4 is 49.4 Å². The predicted octanol–water partition coefficient (Wildman–Crippen LogP) is 4.35. The van der Waals surface area contributed by atoms with Crippen LogP contribution in [-0.4, -0.2) is 17.8 Å². The highest BCUT2D eigenvalue weighted by Crippen LogP contribution is 2.22. The molecule has 94 valence electrons. The van der Waals surface area contributed by atoms with Gasteiger partial charge in [0.05, 0.1) is 5.56 Å². The van der Waals surface area contributed by atoms with E-state index in [-0.39, 0.29) is 11.9 Å². The summed E-state index contributed by atoms with van der Waals surface area (Å²) in [4.78, 5) is 12.0. The molecule has 1 N–H and O–H groups in total. The first-order valence-electron chi connectivity index (χ1n) is 5.36. The van der Waals surface area contributed by atoms with Crippen LogP contribution in [-0.2, 0) is 0 Å². The minimum atomic E-state index is -0.0635. The first kappa shape index (κ1) is 15.0. The van der Waals surface area contributed by atoms with E-state index in [1.165, 1.54) is 0 Å². The summed E-state index contributed by atoms with van der Waals surface area (Å²) in [5, 5.41) is 2.95. The molecule has 1 unspecified atom stereocenters.